The summed E-state index contributed by atoms with van der Waals surface area (Å²) in [5.41, 5.74) is 0.746. The summed E-state index contributed by atoms with van der Waals surface area (Å²) in [6.45, 7) is 0.532. The quantitative estimate of drug-likeness (QED) is 0.618. The Balaban J connectivity index is 2.55. The van der Waals surface area contributed by atoms with Gasteiger partial charge in [-0.25, -0.2) is 4.98 Å². The van der Waals surface area contributed by atoms with E-state index in [0.717, 1.165) is 6.42 Å². The first-order chi connectivity index (χ1) is 7.27. The number of amides is 1. The van der Waals surface area contributed by atoms with Crippen LogP contribution in [0.2, 0.25) is 0 Å². The Morgan fingerprint density at radius 2 is 2.40 bits per heavy atom. The second kappa shape index (κ2) is 5.99. The van der Waals surface area contributed by atoms with E-state index in [1.807, 2.05) is 6.07 Å². The van der Waals surface area contributed by atoms with Gasteiger partial charge in [0.15, 0.2) is 0 Å². The van der Waals surface area contributed by atoms with E-state index in [-0.39, 0.29) is 5.91 Å². The van der Waals surface area contributed by atoms with Crippen molar-refractivity contribution < 1.29 is 4.79 Å². The van der Waals surface area contributed by atoms with E-state index in [2.05, 4.69) is 10.3 Å². The van der Waals surface area contributed by atoms with Crippen LogP contribution >= 0.6 is 11.6 Å². The van der Waals surface area contributed by atoms with Gasteiger partial charge < -0.3 is 5.32 Å². The molecule has 0 aliphatic carbocycles. The maximum absolute atomic E-state index is 11.4. The zero-order valence-electron chi connectivity index (χ0n) is 8.03. The first kappa shape index (κ1) is 11.5. The van der Waals surface area contributed by atoms with E-state index in [0.29, 0.717) is 23.7 Å². The zero-order valence-corrected chi connectivity index (χ0v) is 8.79. The van der Waals surface area contributed by atoms with Gasteiger partial charge in [0, 0.05) is 18.6 Å². The number of alkyl halides is 1. The molecule has 1 amide bonds. The first-order valence-electron chi connectivity index (χ1n) is 4.48. The normalized spacial score (nSPS) is 9.33. The fourth-order valence-electron chi connectivity index (χ4n) is 0.954. The van der Waals surface area contributed by atoms with E-state index in [9.17, 15) is 4.79 Å². The molecule has 0 aromatic carbocycles. The van der Waals surface area contributed by atoms with Crippen LogP contribution in [0, 0.1) is 11.3 Å². The molecule has 1 heterocycles. The third-order valence-corrected chi connectivity index (χ3v) is 1.99. The van der Waals surface area contributed by atoms with Crippen LogP contribution in [0.25, 0.3) is 0 Å². The molecule has 1 rings (SSSR count). The van der Waals surface area contributed by atoms with Crippen molar-refractivity contribution in [2.45, 2.75) is 6.42 Å². The minimum Gasteiger partial charge on any atom is -0.351 e. The van der Waals surface area contributed by atoms with Gasteiger partial charge in [0.1, 0.15) is 11.8 Å². The highest BCUT2D eigenvalue weighted by Gasteiger charge is 2.05. The van der Waals surface area contributed by atoms with Crippen LogP contribution in [-0.4, -0.2) is 23.3 Å². The van der Waals surface area contributed by atoms with Gasteiger partial charge in [-0.15, -0.1) is 11.6 Å². The summed E-state index contributed by atoms with van der Waals surface area (Å²) < 4.78 is 0. The van der Waals surface area contributed by atoms with E-state index in [1.54, 1.807) is 6.07 Å². The highest BCUT2D eigenvalue weighted by Crippen LogP contribution is 1.98. The lowest BCUT2D eigenvalue weighted by Gasteiger charge is -2.02. The van der Waals surface area contributed by atoms with Crippen molar-refractivity contribution in [1.82, 2.24) is 10.3 Å². The predicted octanol–water partition coefficient (Wildman–Crippen LogP) is 1.31. The Kier molecular flexibility index (Phi) is 4.58. The first-order valence-corrected chi connectivity index (χ1v) is 5.01. The maximum atomic E-state index is 11.4. The minimum absolute atomic E-state index is 0.246. The average molecular weight is 224 g/mol. The van der Waals surface area contributed by atoms with Crippen molar-refractivity contribution >= 4 is 17.5 Å². The number of nitrogens with zero attached hydrogens (tertiary/aromatic N) is 2. The highest BCUT2D eigenvalue weighted by atomic mass is 35.5. The molecule has 5 heteroatoms. The number of carbonyl (C=O) groups excluding carboxylic acids is 1. The summed E-state index contributed by atoms with van der Waals surface area (Å²) in [6, 6.07) is 5.02. The van der Waals surface area contributed by atoms with Crippen LogP contribution in [0.3, 0.4) is 0 Å². The lowest BCUT2D eigenvalue weighted by atomic mass is 10.2. The van der Waals surface area contributed by atoms with Gasteiger partial charge in [-0.1, -0.05) is 0 Å². The molecule has 78 valence electrons. The molecule has 0 aliphatic rings. The summed E-state index contributed by atoms with van der Waals surface area (Å²) in [5.74, 6) is 0.269. The predicted molar refractivity (Wildman–Crippen MR) is 56.6 cm³/mol. The van der Waals surface area contributed by atoms with Crippen molar-refractivity contribution in [2.75, 3.05) is 12.4 Å². The molecular formula is C10H10ClN3O. The molecule has 0 atom stereocenters. The van der Waals surface area contributed by atoms with Crippen LogP contribution in [-0.2, 0) is 0 Å². The monoisotopic (exact) mass is 223 g/mol. The zero-order chi connectivity index (χ0) is 11.1. The summed E-state index contributed by atoms with van der Waals surface area (Å²) in [5, 5.41) is 11.2. The molecule has 0 saturated heterocycles. The van der Waals surface area contributed by atoms with Crippen molar-refractivity contribution in [3.8, 4) is 6.07 Å². The Morgan fingerprint density at radius 3 is 2.93 bits per heavy atom. The summed E-state index contributed by atoms with van der Waals surface area (Å²) in [4.78, 5) is 15.3. The average Bonchev–Trinajstić information content (AvgIpc) is 2.29. The molecule has 4 nitrogen and oxygen atoms in total. The number of hydrogen-bond acceptors (Lipinski definition) is 3. The highest BCUT2D eigenvalue weighted by molar-refractivity contribution is 6.17. The number of rotatable bonds is 4. The summed E-state index contributed by atoms with van der Waals surface area (Å²) >= 11 is 5.47. The standard InChI is InChI=1S/C10H10ClN3O/c11-4-1-5-13-10(15)9-3-2-8(6-12)7-14-9/h2-3,7H,1,4-5H2,(H,13,15). The van der Waals surface area contributed by atoms with Gasteiger partial charge in [0.05, 0.1) is 5.56 Å². The van der Waals surface area contributed by atoms with Crippen LogP contribution < -0.4 is 5.32 Å². The van der Waals surface area contributed by atoms with Gasteiger partial charge in [-0.2, -0.15) is 5.26 Å². The van der Waals surface area contributed by atoms with Gasteiger partial charge in [0.25, 0.3) is 5.91 Å². The van der Waals surface area contributed by atoms with Crippen LogP contribution in [0.15, 0.2) is 18.3 Å². The summed E-state index contributed by atoms with van der Waals surface area (Å²) in [7, 11) is 0. The van der Waals surface area contributed by atoms with Gasteiger partial charge in [-0.3, -0.25) is 4.79 Å². The largest absolute Gasteiger partial charge is 0.351 e. The van der Waals surface area contributed by atoms with Crippen molar-refractivity contribution in [2.24, 2.45) is 0 Å². The van der Waals surface area contributed by atoms with Crippen LogP contribution in [0.4, 0.5) is 0 Å². The fraction of sp³-hybridized carbons (Fsp3) is 0.300. The number of nitriles is 1. The second-order valence-corrected chi connectivity index (χ2v) is 3.22. The molecule has 0 bridgehead atoms. The Hall–Kier alpha value is -1.60. The SMILES string of the molecule is N#Cc1ccc(C(=O)NCCCCl)nc1. The molecule has 0 fully saturated rings. The second-order valence-electron chi connectivity index (χ2n) is 2.84. The summed E-state index contributed by atoms with van der Waals surface area (Å²) in [6.07, 6.45) is 2.10. The number of carbonyl (C=O) groups is 1. The molecule has 15 heavy (non-hydrogen) atoms. The maximum Gasteiger partial charge on any atom is 0.269 e. The molecule has 0 unspecified atom stereocenters. The number of hydrogen-bond donors (Lipinski definition) is 1. The fourth-order valence-corrected chi connectivity index (χ4v) is 1.09. The minimum atomic E-state index is -0.246. The molecular weight excluding hydrogens is 214 g/mol. The molecule has 0 radical (unpaired) electrons. The molecule has 1 aromatic heterocycles. The van der Waals surface area contributed by atoms with E-state index >= 15 is 0 Å². The Labute approximate surface area is 92.9 Å². The smallest absolute Gasteiger partial charge is 0.269 e. The van der Waals surface area contributed by atoms with Crippen molar-refractivity contribution in [3.05, 3.63) is 29.6 Å². The Morgan fingerprint density at radius 1 is 1.60 bits per heavy atom. The van der Waals surface area contributed by atoms with Crippen molar-refractivity contribution in [3.63, 3.8) is 0 Å². The topological polar surface area (TPSA) is 65.8 Å². The third kappa shape index (κ3) is 3.56. The van der Waals surface area contributed by atoms with Gasteiger partial charge in [-0.05, 0) is 18.6 Å². The Bertz CT molecular complexity index is 369. The number of aromatic nitrogens is 1. The van der Waals surface area contributed by atoms with E-state index < -0.39 is 0 Å². The molecule has 0 aliphatic heterocycles. The molecule has 1 N–H and O–H groups in total. The number of nitrogens with one attached hydrogen (secondary N) is 1. The lowest BCUT2D eigenvalue weighted by Crippen LogP contribution is -2.25. The number of pyridine rings is 1. The van der Waals surface area contributed by atoms with Crippen molar-refractivity contribution in [1.29, 1.82) is 5.26 Å². The van der Waals surface area contributed by atoms with Crippen LogP contribution in [0.5, 0.6) is 0 Å². The molecule has 0 saturated carbocycles. The van der Waals surface area contributed by atoms with E-state index in [1.165, 1.54) is 12.3 Å². The van der Waals surface area contributed by atoms with Gasteiger partial charge in [0.2, 0.25) is 0 Å². The molecule has 0 spiro atoms. The van der Waals surface area contributed by atoms with Crippen LogP contribution in [0.1, 0.15) is 22.5 Å². The molecule has 1 aromatic rings. The van der Waals surface area contributed by atoms with Gasteiger partial charge >= 0.3 is 0 Å². The third-order valence-electron chi connectivity index (χ3n) is 1.72. The lowest BCUT2D eigenvalue weighted by molar-refractivity contribution is 0.0949. The number of halogens is 1. The van der Waals surface area contributed by atoms with E-state index in [4.69, 9.17) is 16.9 Å².